The van der Waals surface area contributed by atoms with Gasteiger partial charge < -0.3 is 25.6 Å². The second kappa shape index (κ2) is 8.17. The summed E-state index contributed by atoms with van der Waals surface area (Å²) >= 11 is 0. The summed E-state index contributed by atoms with van der Waals surface area (Å²) < 4.78 is 0. The predicted octanol–water partition coefficient (Wildman–Crippen LogP) is 0.549. The van der Waals surface area contributed by atoms with E-state index in [0.29, 0.717) is 25.8 Å². The van der Waals surface area contributed by atoms with Crippen molar-refractivity contribution >= 4 is 34.6 Å². The Labute approximate surface area is 172 Å². The lowest BCUT2D eigenvalue weighted by Gasteiger charge is -2.44. The molecule has 0 aliphatic carbocycles. The number of amides is 3. The molecule has 0 radical (unpaired) electrons. The highest BCUT2D eigenvalue weighted by atomic mass is 16.4. The van der Waals surface area contributed by atoms with Gasteiger partial charge in [-0.15, -0.1) is 0 Å². The molecule has 9 nitrogen and oxygen atoms in total. The number of hydrogen-bond donors (Lipinski definition) is 4. The van der Waals surface area contributed by atoms with Crippen LogP contribution in [0.1, 0.15) is 31.2 Å². The molecule has 3 heterocycles. The van der Waals surface area contributed by atoms with E-state index in [0.717, 1.165) is 16.5 Å². The Hall–Kier alpha value is -3.36. The van der Waals surface area contributed by atoms with E-state index in [4.69, 9.17) is 5.11 Å². The van der Waals surface area contributed by atoms with Crippen LogP contribution in [0.2, 0.25) is 0 Å². The zero-order valence-corrected chi connectivity index (χ0v) is 16.4. The van der Waals surface area contributed by atoms with E-state index in [1.54, 1.807) is 4.90 Å². The second-order valence-corrected chi connectivity index (χ2v) is 7.85. The lowest BCUT2D eigenvalue weighted by atomic mass is 9.91. The molecule has 158 valence electrons. The van der Waals surface area contributed by atoms with Gasteiger partial charge in [0.25, 0.3) is 0 Å². The first kappa shape index (κ1) is 19.9. The van der Waals surface area contributed by atoms with Crippen molar-refractivity contribution in [2.75, 3.05) is 6.54 Å². The number of fused-ring (bicyclic) bond motifs is 2. The summed E-state index contributed by atoms with van der Waals surface area (Å²) in [5.41, 5.74) is 1.96. The second-order valence-electron chi connectivity index (χ2n) is 7.85. The van der Waals surface area contributed by atoms with Gasteiger partial charge in [-0.25, -0.2) is 0 Å². The molecule has 9 heteroatoms. The molecule has 2 saturated heterocycles. The van der Waals surface area contributed by atoms with E-state index in [2.05, 4.69) is 15.6 Å². The molecule has 0 saturated carbocycles. The first-order chi connectivity index (χ1) is 14.4. The number of hydrogen-bond acceptors (Lipinski definition) is 4. The van der Waals surface area contributed by atoms with Crippen LogP contribution in [0.3, 0.4) is 0 Å². The first-order valence-corrected chi connectivity index (χ1v) is 10.1. The van der Waals surface area contributed by atoms with Gasteiger partial charge in [-0.2, -0.15) is 0 Å². The van der Waals surface area contributed by atoms with Crippen LogP contribution >= 0.6 is 0 Å². The molecule has 1 aromatic carbocycles. The first-order valence-electron chi connectivity index (χ1n) is 10.1. The van der Waals surface area contributed by atoms with Crippen molar-refractivity contribution in [3.63, 3.8) is 0 Å². The molecule has 3 amide bonds. The number of aliphatic carboxylic acids is 1. The van der Waals surface area contributed by atoms with Crippen LogP contribution in [0.15, 0.2) is 30.5 Å². The van der Waals surface area contributed by atoms with E-state index in [-0.39, 0.29) is 36.6 Å². The number of aromatic amines is 1. The van der Waals surface area contributed by atoms with E-state index in [1.165, 1.54) is 0 Å². The Kier molecular flexibility index (Phi) is 5.43. The maximum absolute atomic E-state index is 13.0. The molecule has 1 aromatic heterocycles. The zero-order valence-electron chi connectivity index (χ0n) is 16.4. The third-order valence-corrected chi connectivity index (χ3v) is 5.83. The fourth-order valence-electron chi connectivity index (χ4n) is 4.32. The minimum Gasteiger partial charge on any atom is -0.481 e. The number of nitrogens with one attached hydrogen (secondary N) is 3. The van der Waals surface area contributed by atoms with Crippen molar-refractivity contribution in [2.24, 2.45) is 0 Å². The highest BCUT2D eigenvalue weighted by molar-refractivity contribution is 5.98. The number of carboxylic acids is 1. The average molecular weight is 412 g/mol. The fourth-order valence-corrected chi connectivity index (χ4v) is 4.32. The molecule has 0 bridgehead atoms. The minimum absolute atomic E-state index is 0.0992. The van der Waals surface area contributed by atoms with Crippen molar-refractivity contribution in [1.29, 1.82) is 0 Å². The Bertz CT molecular complexity index is 1000. The number of carboxylic acid groups (broad SMARTS) is 1. The molecule has 2 fully saturated rings. The van der Waals surface area contributed by atoms with Crippen molar-refractivity contribution in [3.05, 3.63) is 36.0 Å². The number of carbonyl (C=O) groups is 4. The number of aromatic nitrogens is 1. The van der Waals surface area contributed by atoms with E-state index < -0.39 is 18.1 Å². The van der Waals surface area contributed by atoms with Crippen LogP contribution in [0.5, 0.6) is 0 Å². The lowest BCUT2D eigenvalue weighted by Crippen LogP contribution is -2.67. The summed E-state index contributed by atoms with van der Waals surface area (Å²) in [5.74, 6) is -1.71. The number of carbonyl (C=O) groups excluding carboxylic acids is 3. The molecule has 2 aliphatic rings. The number of rotatable bonds is 6. The number of nitrogens with zero attached hydrogens (tertiary/aromatic N) is 1. The number of piperidine rings is 1. The largest absolute Gasteiger partial charge is 0.481 e. The fraction of sp³-hybridized carbons (Fsp3) is 0.429. The van der Waals surface area contributed by atoms with Gasteiger partial charge in [-0.1, -0.05) is 18.2 Å². The summed E-state index contributed by atoms with van der Waals surface area (Å²) in [6, 6.07) is 6.34. The third-order valence-electron chi connectivity index (χ3n) is 5.83. The minimum atomic E-state index is -1.03. The van der Waals surface area contributed by atoms with Crippen LogP contribution < -0.4 is 10.6 Å². The SMILES string of the molecule is O=C(O)CCC(=O)NC1CCN2C(=O)C(Cc3c[nH]c4ccccc34)NC(=O)C2C1. The number of H-pyrrole nitrogens is 1. The standard InChI is InChI=1S/C21H24N4O5/c26-18(5-6-19(27)28)23-13-7-8-25-17(10-13)20(29)24-16(21(25)30)9-12-11-22-15-4-2-1-3-14(12)15/h1-4,11,13,16-17,22H,5-10H2,(H,23,26)(H,24,29)(H,27,28). The van der Waals surface area contributed by atoms with Crippen molar-refractivity contribution in [2.45, 2.75) is 50.2 Å². The quantitative estimate of drug-likeness (QED) is 0.550. The van der Waals surface area contributed by atoms with E-state index >= 15 is 0 Å². The average Bonchev–Trinajstić information content (AvgIpc) is 3.13. The molecule has 30 heavy (non-hydrogen) atoms. The molecule has 4 N–H and O–H groups in total. The van der Waals surface area contributed by atoms with Crippen LogP contribution in [-0.2, 0) is 25.6 Å². The van der Waals surface area contributed by atoms with Crippen LogP contribution in [0, 0.1) is 0 Å². The molecule has 2 aliphatic heterocycles. The lowest BCUT2D eigenvalue weighted by molar-refractivity contribution is -0.151. The smallest absolute Gasteiger partial charge is 0.303 e. The van der Waals surface area contributed by atoms with Gasteiger partial charge in [0, 0.05) is 42.5 Å². The molecule has 3 atom stereocenters. The topological polar surface area (TPSA) is 132 Å². The van der Waals surface area contributed by atoms with Crippen LogP contribution in [0.4, 0.5) is 0 Å². The summed E-state index contributed by atoms with van der Waals surface area (Å²) in [6.07, 6.45) is 2.81. The van der Waals surface area contributed by atoms with E-state index in [9.17, 15) is 19.2 Å². The van der Waals surface area contributed by atoms with Gasteiger partial charge in [-0.05, 0) is 24.5 Å². The molecule has 2 aromatic rings. The van der Waals surface area contributed by atoms with Crippen LogP contribution in [-0.4, -0.2) is 63.4 Å². The highest BCUT2D eigenvalue weighted by Gasteiger charge is 2.44. The molecular weight excluding hydrogens is 388 g/mol. The van der Waals surface area contributed by atoms with Gasteiger partial charge in [0.1, 0.15) is 12.1 Å². The summed E-state index contributed by atoms with van der Waals surface area (Å²) in [7, 11) is 0. The Morgan fingerprint density at radius 3 is 2.80 bits per heavy atom. The maximum atomic E-state index is 13.0. The van der Waals surface area contributed by atoms with Gasteiger partial charge in [0.15, 0.2) is 0 Å². The Morgan fingerprint density at radius 2 is 2.00 bits per heavy atom. The summed E-state index contributed by atoms with van der Waals surface area (Å²) in [4.78, 5) is 53.0. The molecular formula is C21H24N4O5. The number of benzene rings is 1. The summed E-state index contributed by atoms with van der Waals surface area (Å²) in [5, 5.41) is 15.3. The molecule has 3 unspecified atom stereocenters. The highest BCUT2D eigenvalue weighted by Crippen LogP contribution is 2.25. The number of piperazine rings is 1. The van der Waals surface area contributed by atoms with Gasteiger partial charge in [0.2, 0.25) is 17.7 Å². The van der Waals surface area contributed by atoms with Gasteiger partial charge in [0.05, 0.1) is 6.42 Å². The van der Waals surface area contributed by atoms with Crippen LogP contribution in [0.25, 0.3) is 10.9 Å². The number of para-hydroxylation sites is 1. The monoisotopic (exact) mass is 412 g/mol. The van der Waals surface area contributed by atoms with Crippen molar-refractivity contribution < 1.29 is 24.3 Å². The van der Waals surface area contributed by atoms with Gasteiger partial charge >= 0.3 is 5.97 Å². The van der Waals surface area contributed by atoms with Crippen molar-refractivity contribution in [3.8, 4) is 0 Å². The Balaban J connectivity index is 1.39. The predicted molar refractivity (Wildman–Crippen MR) is 107 cm³/mol. The molecule has 4 rings (SSSR count). The zero-order chi connectivity index (χ0) is 21.3. The maximum Gasteiger partial charge on any atom is 0.303 e. The third kappa shape index (κ3) is 4.00. The Morgan fingerprint density at radius 1 is 1.20 bits per heavy atom. The molecule has 0 spiro atoms. The normalized spacial score (nSPS) is 23.7. The van der Waals surface area contributed by atoms with Gasteiger partial charge in [-0.3, -0.25) is 19.2 Å². The summed E-state index contributed by atoms with van der Waals surface area (Å²) in [6.45, 7) is 0.380. The van der Waals surface area contributed by atoms with E-state index in [1.807, 2.05) is 30.5 Å². The van der Waals surface area contributed by atoms with Crippen molar-refractivity contribution in [1.82, 2.24) is 20.5 Å².